The molecule has 22 heavy (non-hydrogen) atoms. The van der Waals surface area contributed by atoms with Crippen molar-refractivity contribution in [2.24, 2.45) is 5.92 Å². The Bertz CT molecular complexity index is 544. The molecule has 1 fully saturated rings. The van der Waals surface area contributed by atoms with Gasteiger partial charge in [0.05, 0.1) is 6.10 Å². The fraction of sp³-hybridized carbons (Fsp3) is 0.529. The van der Waals surface area contributed by atoms with Gasteiger partial charge in [0.25, 0.3) is 11.8 Å². The SMILES string of the molecule is CCCNC(=O)c1cccc(C(=O)N2CCC(C)C(O)C2)c1. The highest BCUT2D eigenvalue weighted by Crippen LogP contribution is 2.19. The molecule has 0 radical (unpaired) electrons. The van der Waals surface area contributed by atoms with Gasteiger partial charge in [0.15, 0.2) is 0 Å². The van der Waals surface area contributed by atoms with Gasteiger partial charge in [-0.05, 0) is 37.0 Å². The Kier molecular flexibility index (Phi) is 5.55. The molecule has 2 unspecified atom stereocenters. The number of carbonyl (C=O) groups excluding carboxylic acids is 2. The highest BCUT2D eigenvalue weighted by molar-refractivity contribution is 5.99. The number of nitrogens with zero attached hydrogens (tertiary/aromatic N) is 1. The lowest BCUT2D eigenvalue weighted by atomic mass is 9.95. The lowest BCUT2D eigenvalue weighted by Gasteiger charge is -2.34. The summed E-state index contributed by atoms with van der Waals surface area (Å²) in [6.45, 7) is 5.59. The molecule has 1 aliphatic rings. The standard InChI is InChI=1S/C17H24N2O3/c1-3-8-18-16(21)13-5-4-6-14(10-13)17(22)19-9-7-12(2)15(20)11-19/h4-6,10,12,15,20H,3,7-9,11H2,1-2H3,(H,18,21). The lowest BCUT2D eigenvalue weighted by molar-refractivity contribution is 0.0248. The summed E-state index contributed by atoms with van der Waals surface area (Å²) < 4.78 is 0. The number of piperidine rings is 1. The van der Waals surface area contributed by atoms with Crippen molar-refractivity contribution in [2.45, 2.75) is 32.8 Å². The van der Waals surface area contributed by atoms with E-state index >= 15 is 0 Å². The summed E-state index contributed by atoms with van der Waals surface area (Å²) in [5.41, 5.74) is 0.983. The van der Waals surface area contributed by atoms with E-state index in [0.717, 1.165) is 12.8 Å². The van der Waals surface area contributed by atoms with Crippen LogP contribution in [0.2, 0.25) is 0 Å². The minimum absolute atomic E-state index is 0.129. The van der Waals surface area contributed by atoms with Gasteiger partial charge in [0, 0.05) is 30.8 Å². The topological polar surface area (TPSA) is 69.6 Å². The summed E-state index contributed by atoms with van der Waals surface area (Å²) in [5, 5.41) is 12.7. The van der Waals surface area contributed by atoms with E-state index in [0.29, 0.717) is 30.8 Å². The normalized spacial score (nSPS) is 21.5. The Morgan fingerprint density at radius 3 is 2.77 bits per heavy atom. The van der Waals surface area contributed by atoms with Gasteiger partial charge in [-0.3, -0.25) is 9.59 Å². The number of benzene rings is 1. The zero-order valence-electron chi connectivity index (χ0n) is 13.2. The predicted octanol–water partition coefficient (Wildman–Crippen LogP) is 1.67. The van der Waals surface area contributed by atoms with Crippen LogP contribution in [0.15, 0.2) is 24.3 Å². The average molecular weight is 304 g/mol. The maximum Gasteiger partial charge on any atom is 0.253 e. The molecule has 2 N–H and O–H groups in total. The van der Waals surface area contributed by atoms with Gasteiger partial charge in [-0.1, -0.05) is 19.9 Å². The Labute approximate surface area is 131 Å². The molecule has 0 aromatic heterocycles. The number of likely N-dealkylation sites (tertiary alicyclic amines) is 1. The monoisotopic (exact) mass is 304 g/mol. The zero-order chi connectivity index (χ0) is 16.1. The first-order valence-electron chi connectivity index (χ1n) is 7.88. The average Bonchev–Trinajstić information content (AvgIpc) is 2.54. The van der Waals surface area contributed by atoms with Crippen molar-refractivity contribution in [3.8, 4) is 0 Å². The number of hydrogen-bond donors (Lipinski definition) is 2. The first-order valence-corrected chi connectivity index (χ1v) is 7.88. The molecule has 5 heteroatoms. The molecule has 0 aliphatic carbocycles. The van der Waals surface area contributed by atoms with Crippen molar-refractivity contribution < 1.29 is 14.7 Å². The zero-order valence-corrected chi connectivity index (χ0v) is 13.2. The summed E-state index contributed by atoms with van der Waals surface area (Å²) in [4.78, 5) is 26.2. The van der Waals surface area contributed by atoms with E-state index in [-0.39, 0.29) is 17.7 Å². The van der Waals surface area contributed by atoms with Crippen LogP contribution in [0, 0.1) is 5.92 Å². The summed E-state index contributed by atoms with van der Waals surface area (Å²) >= 11 is 0. The van der Waals surface area contributed by atoms with Crippen LogP contribution in [0.1, 0.15) is 47.4 Å². The minimum atomic E-state index is -0.478. The molecule has 2 amide bonds. The number of carbonyl (C=O) groups is 2. The number of rotatable bonds is 4. The van der Waals surface area contributed by atoms with Gasteiger partial charge in [-0.15, -0.1) is 0 Å². The van der Waals surface area contributed by atoms with Crippen LogP contribution in [0.4, 0.5) is 0 Å². The molecule has 0 spiro atoms. The number of β-amino-alcohol motifs (C(OH)–C–C–N with tert-alkyl or cyclic N) is 1. The van der Waals surface area contributed by atoms with E-state index < -0.39 is 6.10 Å². The molecular formula is C17H24N2O3. The second-order valence-corrected chi connectivity index (χ2v) is 5.92. The maximum absolute atomic E-state index is 12.5. The van der Waals surface area contributed by atoms with Crippen molar-refractivity contribution in [2.75, 3.05) is 19.6 Å². The molecule has 1 aromatic carbocycles. The molecule has 120 valence electrons. The summed E-state index contributed by atoms with van der Waals surface area (Å²) in [6, 6.07) is 6.76. The maximum atomic E-state index is 12.5. The second-order valence-electron chi connectivity index (χ2n) is 5.92. The fourth-order valence-electron chi connectivity index (χ4n) is 2.55. The molecule has 1 heterocycles. The van der Waals surface area contributed by atoms with E-state index in [9.17, 15) is 14.7 Å². The lowest BCUT2D eigenvalue weighted by Crippen LogP contribution is -2.45. The predicted molar refractivity (Wildman–Crippen MR) is 84.8 cm³/mol. The molecule has 2 atom stereocenters. The van der Waals surface area contributed by atoms with Crippen molar-refractivity contribution in [3.63, 3.8) is 0 Å². The molecule has 1 aromatic rings. The third-order valence-electron chi connectivity index (χ3n) is 4.11. The van der Waals surface area contributed by atoms with Crippen LogP contribution in [-0.2, 0) is 0 Å². The minimum Gasteiger partial charge on any atom is -0.391 e. The summed E-state index contributed by atoms with van der Waals surface area (Å²) in [7, 11) is 0. The third-order valence-corrected chi connectivity index (χ3v) is 4.11. The van der Waals surface area contributed by atoms with Gasteiger partial charge in [-0.25, -0.2) is 0 Å². The van der Waals surface area contributed by atoms with E-state index in [1.807, 2.05) is 13.8 Å². The van der Waals surface area contributed by atoms with E-state index in [1.165, 1.54) is 0 Å². The van der Waals surface area contributed by atoms with Crippen LogP contribution in [0.5, 0.6) is 0 Å². The number of amides is 2. The first kappa shape index (κ1) is 16.5. The van der Waals surface area contributed by atoms with Crippen LogP contribution >= 0.6 is 0 Å². The van der Waals surface area contributed by atoms with Gasteiger partial charge in [0.2, 0.25) is 0 Å². The smallest absolute Gasteiger partial charge is 0.253 e. The van der Waals surface area contributed by atoms with E-state index in [4.69, 9.17) is 0 Å². The largest absolute Gasteiger partial charge is 0.391 e. The molecule has 1 saturated heterocycles. The quantitative estimate of drug-likeness (QED) is 0.889. The molecule has 0 saturated carbocycles. The Hall–Kier alpha value is -1.88. The highest BCUT2D eigenvalue weighted by atomic mass is 16.3. The first-order chi connectivity index (χ1) is 10.5. The second kappa shape index (κ2) is 7.40. The van der Waals surface area contributed by atoms with E-state index in [1.54, 1.807) is 29.2 Å². The third kappa shape index (κ3) is 3.85. The number of aliphatic hydroxyl groups is 1. The van der Waals surface area contributed by atoms with Gasteiger partial charge in [0.1, 0.15) is 0 Å². The molecule has 5 nitrogen and oxygen atoms in total. The van der Waals surface area contributed by atoms with Gasteiger partial charge in [-0.2, -0.15) is 0 Å². The van der Waals surface area contributed by atoms with Crippen LogP contribution in [0.3, 0.4) is 0 Å². The molecule has 2 rings (SSSR count). The van der Waals surface area contributed by atoms with Crippen molar-refractivity contribution in [3.05, 3.63) is 35.4 Å². The van der Waals surface area contributed by atoms with Gasteiger partial charge >= 0.3 is 0 Å². The van der Waals surface area contributed by atoms with Crippen LogP contribution in [-0.4, -0.2) is 47.6 Å². The van der Waals surface area contributed by atoms with Crippen LogP contribution < -0.4 is 5.32 Å². The van der Waals surface area contributed by atoms with Crippen molar-refractivity contribution in [1.29, 1.82) is 0 Å². The van der Waals surface area contributed by atoms with Crippen molar-refractivity contribution in [1.82, 2.24) is 10.2 Å². The molecular weight excluding hydrogens is 280 g/mol. The number of nitrogens with one attached hydrogen (secondary N) is 1. The fourth-order valence-corrected chi connectivity index (χ4v) is 2.55. The molecule has 0 bridgehead atoms. The number of hydrogen-bond acceptors (Lipinski definition) is 3. The van der Waals surface area contributed by atoms with Crippen molar-refractivity contribution >= 4 is 11.8 Å². The Morgan fingerprint density at radius 2 is 2.09 bits per heavy atom. The summed E-state index contributed by atoms with van der Waals surface area (Å²) in [5.74, 6) is -0.0740. The Morgan fingerprint density at radius 1 is 1.36 bits per heavy atom. The summed E-state index contributed by atoms with van der Waals surface area (Å²) in [6.07, 6.45) is 1.19. The number of aliphatic hydroxyl groups excluding tert-OH is 1. The van der Waals surface area contributed by atoms with E-state index in [2.05, 4.69) is 5.32 Å². The molecule has 1 aliphatic heterocycles. The highest BCUT2D eigenvalue weighted by Gasteiger charge is 2.28. The Balaban J connectivity index is 2.08. The van der Waals surface area contributed by atoms with Gasteiger partial charge < -0.3 is 15.3 Å². The van der Waals surface area contributed by atoms with Crippen LogP contribution in [0.25, 0.3) is 0 Å².